The summed E-state index contributed by atoms with van der Waals surface area (Å²) < 4.78 is 0. The molecular weight excluding hydrogens is 540 g/mol. The second-order valence-electron chi connectivity index (χ2n) is 13.8. The fourth-order valence-corrected chi connectivity index (χ4v) is 8.18. The van der Waals surface area contributed by atoms with Crippen LogP contribution in [-0.4, -0.2) is 130 Å². The maximum atomic E-state index is 13.1. The lowest BCUT2D eigenvalue weighted by atomic mass is 9.84. The number of nitrogens with one attached hydrogen (secondary N) is 1. The maximum Gasteiger partial charge on any atom is 0.246 e. The van der Waals surface area contributed by atoms with E-state index in [0.29, 0.717) is 48.3 Å². The van der Waals surface area contributed by atoms with Gasteiger partial charge in [-0.15, -0.1) is 0 Å². The van der Waals surface area contributed by atoms with E-state index < -0.39 is 0 Å². The topological polar surface area (TPSA) is 79.4 Å². The van der Waals surface area contributed by atoms with Crippen molar-refractivity contribution >= 4 is 17.7 Å². The lowest BCUT2D eigenvalue weighted by Gasteiger charge is -2.57. The van der Waals surface area contributed by atoms with Gasteiger partial charge in [0.05, 0.1) is 12.1 Å². The minimum atomic E-state index is 0.0490. The van der Waals surface area contributed by atoms with E-state index >= 15 is 0 Å². The second kappa shape index (κ2) is 14.1. The maximum absolute atomic E-state index is 13.1. The highest BCUT2D eigenvalue weighted by atomic mass is 16.2. The van der Waals surface area contributed by atoms with Crippen molar-refractivity contribution in [3.63, 3.8) is 0 Å². The van der Waals surface area contributed by atoms with E-state index in [1.165, 1.54) is 6.08 Å². The quantitative estimate of drug-likeness (QED) is 0.371. The fourth-order valence-electron chi connectivity index (χ4n) is 8.18. The normalized spacial score (nSPS) is 31.1. The van der Waals surface area contributed by atoms with Crippen LogP contribution in [0.2, 0.25) is 0 Å². The Bertz CT molecular complexity index is 1090. The van der Waals surface area contributed by atoms with Gasteiger partial charge in [0.2, 0.25) is 17.7 Å². The van der Waals surface area contributed by atoms with Gasteiger partial charge in [-0.25, -0.2) is 0 Å². The molecule has 5 aliphatic heterocycles. The molecule has 0 aromatic rings. The first-order chi connectivity index (χ1) is 20.7. The van der Waals surface area contributed by atoms with Gasteiger partial charge >= 0.3 is 0 Å². The lowest BCUT2D eigenvalue weighted by molar-refractivity contribution is -0.142. The molecule has 0 aromatic carbocycles. The van der Waals surface area contributed by atoms with Gasteiger partial charge in [0.1, 0.15) is 0 Å². The van der Waals surface area contributed by atoms with Crippen molar-refractivity contribution < 1.29 is 14.4 Å². The van der Waals surface area contributed by atoms with Crippen molar-refractivity contribution in [3.8, 4) is 0 Å². The monoisotopic (exact) mass is 594 g/mol. The van der Waals surface area contributed by atoms with E-state index in [9.17, 15) is 14.4 Å². The third-order valence-electron chi connectivity index (χ3n) is 10.6. The first-order valence-electron chi connectivity index (χ1n) is 16.8. The Labute approximate surface area is 259 Å². The zero-order valence-corrected chi connectivity index (χ0v) is 26.9. The summed E-state index contributed by atoms with van der Waals surface area (Å²) in [5.74, 6) is 0.305. The zero-order valence-electron chi connectivity index (χ0n) is 26.9. The summed E-state index contributed by atoms with van der Waals surface area (Å²) >= 11 is 0. The molecule has 7 atom stereocenters. The highest BCUT2D eigenvalue weighted by Gasteiger charge is 2.49. The van der Waals surface area contributed by atoms with Gasteiger partial charge < -0.3 is 20.0 Å². The number of carbonyl (C=O) groups excluding carboxylic acids is 3. The number of rotatable bonds is 11. The first-order valence-corrected chi connectivity index (χ1v) is 16.8. The summed E-state index contributed by atoms with van der Waals surface area (Å²) in [6.45, 7) is 17.5. The smallest absolute Gasteiger partial charge is 0.246 e. The Morgan fingerprint density at radius 2 is 1.30 bits per heavy atom. The van der Waals surface area contributed by atoms with Crippen molar-refractivity contribution in [1.82, 2.24) is 29.8 Å². The van der Waals surface area contributed by atoms with E-state index in [4.69, 9.17) is 0 Å². The molecule has 0 aromatic heterocycles. The van der Waals surface area contributed by atoms with Crippen LogP contribution in [0.3, 0.4) is 0 Å². The molecule has 0 bridgehead atoms. The number of amides is 3. The molecule has 9 heteroatoms. The van der Waals surface area contributed by atoms with Gasteiger partial charge in [-0.3, -0.25) is 24.2 Å². The highest BCUT2D eigenvalue weighted by molar-refractivity contribution is 5.89. The Morgan fingerprint density at radius 3 is 1.93 bits per heavy atom. The molecule has 5 fully saturated rings. The Kier molecular flexibility index (Phi) is 10.5. The molecule has 5 aliphatic rings. The summed E-state index contributed by atoms with van der Waals surface area (Å²) in [5, 5.41) is 3.57. The number of nitrogens with zero attached hydrogens (tertiary/aromatic N) is 5. The van der Waals surface area contributed by atoms with Crippen LogP contribution in [0.15, 0.2) is 37.0 Å². The van der Waals surface area contributed by atoms with Crippen LogP contribution in [0, 0.1) is 0 Å². The molecule has 238 valence electrons. The largest absolute Gasteiger partial charge is 0.338 e. The van der Waals surface area contributed by atoms with Gasteiger partial charge in [-0.05, 0) is 77.0 Å². The lowest BCUT2D eigenvalue weighted by Crippen LogP contribution is -2.71. The number of piperidine rings is 2. The molecule has 7 unspecified atom stereocenters. The van der Waals surface area contributed by atoms with E-state index in [-0.39, 0.29) is 17.7 Å². The number of likely N-dealkylation sites (tertiary alicyclic amines) is 5. The SMILES string of the molecule is C=CC(=O)N1CCCC2C1CN2C(C)C/C=C/C(=O)N1CCC2C1CN2C(C)C/C=C/C(=O)N1CCCC(NC(C)C)C1. The molecule has 3 amide bonds. The average Bonchev–Trinajstić information content (AvgIpc) is 3.28. The number of carbonyl (C=O) groups is 3. The van der Waals surface area contributed by atoms with Crippen LogP contribution >= 0.6 is 0 Å². The minimum Gasteiger partial charge on any atom is -0.338 e. The Balaban J connectivity index is 1.02. The van der Waals surface area contributed by atoms with Crippen molar-refractivity contribution in [3.05, 3.63) is 37.0 Å². The Hall–Kier alpha value is -2.49. The molecule has 43 heavy (non-hydrogen) atoms. The molecule has 5 rings (SSSR count). The van der Waals surface area contributed by atoms with Crippen LogP contribution in [0.1, 0.15) is 72.6 Å². The van der Waals surface area contributed by atoms with Gasteiger partial charge in [0.25, 0.3) is 0 Å². The number of hydrogen-bond acceptors (Lipinski definition) is 6. The van der Waals surface area contributed by atoms with E-state index in [1.807, 2.05) is 22.0 Å². The van der Waals surface area contributed by atoms with Crippen molar-refractivity contribution in [1.29, 1.82) is 0 Å². The van der Waals surface area contributed by atoms with Crippen LogP contribution in [-0.2, 0) is 14.4 Å². The van der Waals surface area contributed by atoms with E-state index in [0.717, 1.165) is 84.2 Å². The summed E-state index contributed by atoms with van der Waals surface area (Å²) in [6, 6.07) is 2.98. The second-order valence-corrected chi connectivity index (χ2v) is 13.8. The summed E-state index contributed by atoms with van der Waals surface area (Å²) in [4.78, 5) is 49.1. The number of fused-ring (bicyclic) bond motifs is 2. The van der Waals surface area contributed by atoms with Crippen molar-refractivity contribution in [2.45, 2.75) is 121 Å². The molecule has 0 aliphatic carbocycles. The predicted octanol–water partition coefficient (Wildman–Crippen LogP) is 2.79. The van der Waals surface area contributed by atoms with Gasteiger partial charge in [0.15, 0.2) is 0 Å². The molecular formula is C34H54N6O3. The third-order valence-corrected chi connectivity index (χ3v) is 10.6. The molecule has 0 spiro atoms. The van der Waals surface area contributed by atoms with Crippen LogP contribution in [0.5, 0.6) is 0 Å². The number of hydrogen-bond donors (Lipinski definition) is 1. The van der Waals surface area contributed by atoms with Gasteiger partial charge in [-0.1, -0.05) is 32.6 Å². The Morgan fingerprint density at radius 1 is 0.721 bits per heavy atom. The zero-order chi connectivity index (χ0) is 30.7. The summed E-state index contributed by atoms with van der Waals surface area (Å²) in [5.41, 5.74) is 0. The van der Waals surface area contributed by atoms with E-state index in [2.05, 4.69) is 54.3 Å². The summed E-state index contributed by atoms with van der Waals surface area (Å²) in [7, 11) is 0. The van der Waals surface area contributed by atoms with Crippen LogP contribution in [0.4, 0.5) is 0 Å². The molecule has 0 saturated carbocycles. The third kappa shape index (κ3) is 7.10. The predicted molar refractivity (Wildman–Crippen MR) is 170 cm³/mol. The van der Waals surface area contributed by atoms with Crippen LogP contribution in [0.25, 0.3) is 0 Å². The van der Waals surface area contributed by atoms with Gasteiger partial charge in [-0.2, -0.15) is 0 Å². The minimum absolute atomic E-state index is 0.0490. The molecule has 5 heterocycles. The van der Waals surface area contributed by atoms with Crippen LogP contribution < -0.4 is 5.32 Å². The molecule has 0 radical (unpaired) electrons. The van der Waals surface area contributed by atoms with Crippen molar-refractivity contribution in [2.24, 2.45) is 0 Å². The average molecular weight is 595 g/mol. The molecule has 9 nitrogen and oxygen atoms in total. The fraction of sp³-hybridized carbons (Fsp3) is 0.735. The first kappa shape index (κ1) is 31.9. The highest BCUT2D eigenvalue weighted by Crippen LogP contribution is 2.36. The standard InChI is InChI=1S/C34H54N6O3/c1-6-32(41)37-19-10-14-28-30(37)22-39(28)25(4)12-8-16-34(43)38-20-17-29-31(38)23-40(29)26(5)11-7-15-33(42)36-18-9-13-27(21-36)35-24(2)3/h6-8,15-16,24-31,35H,1,9-14,17-23H2,2-5H3/b15-7+,16-8+. The van der Waals surface area contributed by atoms with Gasteiger partial charge in [0, 0.05) is 75.5 Å². The summed E-state index contributed by atoms with van der Waals surface area (Å²) in [6.07, 6.45) is 16.1. The van der Waals surface area contributed by atoms with E-state index in [1.54, 1.807) is 12.2 Å². The molecule has 5 saturated heterocycles. The molecule has 1 N–H and O–H groups in total. The van der Waals surface area contributed by atoms with Crippen molar-refractivity contribution in [2.75, 3.05) is 39.3 Å².